The van der Waals surface area contributed by atoms with Crippen LogP contribution in [0.1, 0.15) is 35.2 Å². The number of imidazole rings is 1. The number of alkyl halides is 3. The zero-order chi connectivity index (χ0) is 23.8. The molecule has 0 bridgehead atoms. The Labute approximate surface area is 192 Å². The first-order chi connectivity index (χ1) is 15.6. The number of benzene rings is 1. The molecule has 0 saturated carbocycles. The minimum absolute atomic E-state index is 0.0657. The van der Waals surface area contributed by atoms with Crippen LogP contribution in [0.25, 0.3) is 22.6 Å². The number of pyridine rings is 2. The Morgan fingerprint density at radius 2 is 1.82 bits per heavy atom. The van der Waals surface area contributed by atoms with E-state index in [1.54, 1.807) is 6.07 Å². The summed E-state index contributed by atoms with van der Waals surface area (Å²) in [5.41, 5.74) is 3.80. The van der Waals surface area contributed by atoms with Crippen LogP contribution in [0.15, 0.2) is 54.9 Å². The molecule has 0 aliphatic carbocycles. The minimum Gasteiger partial charge on any atom is -0.328 e. The predicted octanol–water partition coefficient (Wildman–Crippen LogP) is 7.00. The van der Waals surface area contributed by atoms with E-state index >= 15 is 0 Å². The Balaban J connectivity index is 1.53. The lowest BCUT2D eigenvalue weighted by atomic mass is 9.94. The fourth-order valence-corrected chi connectivity index (χ4v) is 3.86. The highest BCUT2D eigenvalue weighted by atomic mass is 35.5. The Kier molecular flexibility index (Phi) is 6.21. The lowest BCUT2D eigenvalue weighted by Crippen LogP contribution is -2.07. The van der Waals surface area contributed by atoms with Crippen LogP contribution < -0.4 is 0 Å². The maximum atomic E-state index is 13.1. The second-order valence-electron chi connectivity index (χ2n) is 7.84. The topological polar surface area (TPSA) is 54.5 Å². The Morgan fingerprint density at radius 1 is 1.03 bits per heavy atom. The van der Waals surface area contributed by atoms with Gasteiger partial charge in [0.1, 0.15) is 16.7 Å². The molecular formula is C24H19ClF4N4. The van der Waals surface area contributed by atoms with Crippen molar-refractivity contribution in [1.82, 2.24) is 19.9 Å². The molecule has 170 valence electrons. The fraction of sp³-hybridized carbons (Fsp3) is 0.208. The Morgan fingerprint density at radius 3 is 2.42 bits per heavy atom. The number of hydrogen-bond acceptors (Lipinski definition) is 3. The molecule has 33 heavy (non-hydrogen) atoms. The number of aromatic nitrogens is 4. The summed E-state index contributed by atoms with van der Waals surface area (Å²) in [5.74, 6) is -0.166. The Hall–Kier alpha value is -3.26. The molecule has 0 aliphatic heterocycles. The van der Waals surface area contributed by atoms with Gasteiger partial charge in [0, 0.05) is 35.1 Å². The van der Waals surface area contributed by atoms with Crippen LogP contribution in [0, 0.1) is 12.9 Å². The number of aryl methyl sites for hydroxylation is 1. The molecule has 0 aliphatic rings. The first-order valence-corrected chi connectivity index (χ1v) is 10.5. The average molecular weight is 475 g/mol. The molecule has 1 N–H and O–H groups in total. The maximum absolute atomic E-state index is 13.1. The number of halogens is 5. The molecular weight excluding hydrogens is 456 g/mol. The van der Waals surface area contributed by atoms with Crippen molar-refractivity contribution in [3.05, 3.63) is 88.3 Å². The first-order valence-electron chi connectivity index (χ1n) is 10.1. The molecule has 0 fully saturated rings. The van der Waals surface area contributed by atoms with E-state index < -0.39 is 17.7 Å². The van der Waals surface area contributed by atoms with Crippen LogP contribution in [0.4, 0.5) is 17.6 Å². The number of H-pyrrole nitrogens is 1. The lowest BCUT2D eigenvalue weighted by molar-refractivity contribution is -0.137. The fourth-order valence-electron chi connectivity index (χ4n) is 3.62. The van der Waals surface area contributed by atoms with Gasteiger partial charge in [0.15, 0.2) is 0 Å². The van der Waals surface area contributed by atoms with E-state index in [4.69, 9.17) is 11.6 Å². The lowest BCUT2D eigenvalue weighted by Gasteiger charge is -2.14. The molecule has 3 heterocycles. The summed E-state index contributed by atoms with van der Waals surface area (Å²) in [7, 11) is 0. The second-order valence-corrected chi connectivity index (χ2v) is 8.22. The van der Waals surface area contributed by atoms with Gasteiger partial charge >= 0.3 is 6.18 Å². The van der Waals surface area contributed by atoms with Crippen molar-refractivity contribution in [1.29, 1.82) is 0 Å². The third-order valence-electron chi connectivity index (χ3n) is 5.37. The normalized spacial score (nSPS) is 12.7. The number of hydrogen-bond donors (Lipinski definition) is 1. The van der Waals surface area contributed by atoms with Crippen molar-refractivity contribution in [2.75, 3.05) is 0 Å². The standard InChI is InChI=1S/C24H19ClF4N4/c1-13-9-15(10-14(2)19-7-5-17(12-30-19)24(27,28)29)3-6-18(13)21-22(25)33-23(32-21)16-4-8-20(26)31-11-16/h3-9,11-12,14H,10H2,1-2H3,(H,32,33). The highest BCUT2D eigenvalue weighted by Gasteiger charge is 2.30. The van der Waals surface area contributed by atoms with Crippen molar-refractivity contribution < 1.29 is 17.6 Å². The molecule has 0 saturated heterocycles. The van der Waals surface area contributed by atoms with Crippen LogP contribution in [0.3, 0.4) is 0 Å². The molecule has 4 rings (SSSR count). The maximum Gasteiger partial charge on any atom is 0.417 e. The molecule has 0 radical (unpaired) electrons. The molecule has 1 atom stereocenters. The SMILES string of the molecule is Cc1cc(CC(C)c2ccc(C(F)(F)F)cn2)ccc1-c1nc(-c2ccc(F)nc2)[nH]c1Cl. The van der Waals surface area contributed by atoms with Crippen molar-refractivity contribution in [2.45, 2.75) is 32.4 Å². The van der Waals surface area contributed by atoms with Crippen molar-refractivity contribution in [3.63, 3.8) is 0 Å². The first kappa shape index (κ1) is 22.9. The molecule has 0 spiro atoms. The summed E-state index contributed by atoms with van der Waals surface area (Å²) in [5, 5.41) is 0.354. The van der Waals surface area contributed by atoms with E-state index in [-0.39, 0.29) is 5.92 Å². The van der Waals surface area contributed by atoms with Gasteiger partial charge in [-0.15, -0.1) is 0 Å². The third kappa shape index (κ3) is 5.06. The van der Waals surface area contributed by atoms with E-state index in [0.29, 0.717) is 34.3 Å². The zero-order valence-electron chi connectivity index (χ0n) is 17.7. The number of nitrogens with zero attached hydrogens (tertiary/aromatic N) is 3. The third-order valence-corrected chi connectivity index (χ3v) is 5.64. The quantitative estimate of drug-likeness (QED) is 0.250. The molecule has 9 heteroatoms. The largest absolute Gasteiger partial charge is 0.417 e. The highest BCUT2D eigenvalue weighted by molar-refractivity contribution is 6.32. The van der Waals surface area contributed by atoms with Gasteiger partial charge in [-0.1, -0.05) is 36.7 Å². The van der Waals surface area contributed by atoms with Gasteiger partial charge in [0.05, 0.1) is 5.56 Å². The molecule has 4 aromatic rings. The van der Waals surface area contributed by atoms with Gasteiger partial charge in [-0.3, -0.25) is 4.98 Å². The smallest absolute Gasteiger partial charge is 0.328 e. The number of rotatable bonds is 5. The van der Waals surface area contributed by atoms with Crippen LogP contribution in [0.2, 0.25) is 5.15 Å². The molecule has 3 aromatic heterocycles. The van der Waals surface area contributed by atoms with E-state index in [9.17, 15) is 17.6 Å². The van der Waals surface area contributed by atoms with Gasteiger partial charge < -0.3 is 4.98 Å². The summed E-state index contributed by atoms with van der Waals surface area (Å²) in [6.45, 7) is 3.86. The predicted molar refractivity (Wildman–Crippen MR) is 118 cm³/mol. The van der Waals surface area contributed by atoms with E-state index in [1.807, 2.05) is 32.0 Å². The van der Waals surface area contributed by atoms with Gasteiger partial charge in [-0.25, -0.2) is 9.97 Å². The molecule has 1 unspecified atom stereocenters. The van der Waals surface area contributed by atoms with Gasteiger partial charge in [0.25, 0.3) is 0 Å². The van der Waals surface area contributed by atoms with E-state index in [0.717, 1.165) is 29.0 Å². The summed E-state index contributed by atoms with van der Waals surface area (Å²) >= 11 is 6.38. The monoisotopic (exact) mass is 474 g/mol. The van der Waals surface area contributed by atoms with Crippen molar-refractivity contribution in [2.24, 2.45) is 0 Å². The van der Waals surface area contributed by atoms with Gasteiger partial charge in [-0.2, -0.15) is 17.6 Å². The Bertz CT molecular complexity index is 1270. The second kappa shape index (κ2) is 8.94. The van der Waals surface area contributed by atoms with E-state index in [1.165, 1.54) is 18.3 Å². The zero-order valence-corrected chi connectivity index (χ0v) is 18.5. The molecule has 4 nitrogen and oxygen atoms in total. The average Bonchev–Trinajstić information content (AvgIpc) is 3.15. The van der Waals surface area contributed by atoms with Gasteiger partial charge in [0.2, 0.25) is 5.95 Å². The molecule has 1 aromatic carbocycles. The summed E-state index contributed by atoms with van der Waals surface area (Å²) in [6, 6.07) is 11.1. The highest BCUT2D eigenvalue weighted by Crippen LogP contribution is 2.33. The van der Waals surface area contributed by atoms with Crippen molar-refractivity contribution in [3.8, 4) is 22.6 Å². The van der Waals surface area contributed by atoms with Crippen LogP contribution in [-0.2, 0) is 12.6 Å². The van der Waals surface area contributed by atoms with E-state index in [2.05, 4.69) is 19.9 Å². The van der Waals surface area contributed by atoms with Gasteiger partial charge in [-0.05, 0) is 48.7 Å². The number of aromatic amines is 1. The summed E-state index contributed by atoms with van der Waals surface area (Å²) in [4.78, 5) is 15.2. The van der Waals surface area contributed by atoms with Crippen LogP contribution >= 0.6 is 11.6 Å². The summed E-state index contributed by atoms with van der Waals surface area (Å²) in [6.07, 6.45) is -1.54. The molecule has 0 amide bonds. The van der Waals surface area contributed by atoms with Crippen LogP contribution in [0.5, 0.6) is 0 Å². The van der Waals surface area contributed by atoms with Crippen LogP contribution in [-0.4, -0.2) is 19.9 Å². The van der Waals surface area contributed by atoms with Crippen molar-refractivity contribution >= 4 is 11.6 Å². The number of nitrogens with one attached hydrogen (secondary N) is 1. The minimum atomic E-state index is -4.40. The summed E-state index contributed by atoms with van der Waals surface area (Å²) < 4.78 is 51.4.